The van der Waals surface area contributed by atoms with Gasteiger partial charge >= 0.3 is 0 Å². The van der Waals surface area contributed by atoms with Crippen LogP contribution in [0.15, 0.2) is 29.2 Å². The Morgan fingerprint density at radius 3 is 2.65 bits per heavy atom. The van der Waals surface area contributed by atoms with E-state index in [0.29, 0.717) is 11.5 Å². The second kappa shape index (κ2) is 6.70. The van der Waals surface area contributed by atoms with E-state index in [1.807, 2.05) is 26.0 Å². The summed E-state index contributed by atoms with van der Waals surface area (Å²) in [5.41, 5.74) is 1.06. The Kier molecular flexibility index (Phi) is 5.18. The molecule has 0 unspecified atom stereocenters. The predicted molar refractivity (Wildman–Crippen MR) is 79.7 cm³/mol. The molecule has 0 saturated carbocycles. The van der Waals surface area contributed by atoms with E-state index in [4.69, 9.17) is 4.74 Å². The zero-order valence-electron chi connectivity index (χ0n) is 12.1. The summed E-state index contributed by atoms with van der Waals surface area (Å²) in [6.07, 6.45) is 2.09. The number of rotatable bonds is 5. The van der Waals surface area contributed by atoms with E-state index >= 15 is 0 Å². The molecule has 0 aliphatic carbocycles. The molecule has 1 aromatic carbocycles. The number of aryl methyl sites for hydroxylation is 1. The van der Waals surface area contributed by atoms with Gasteiger partial charge in [-0.15, -0.1) is 0 Å². The topological polar surface area (TPSA) is 55.4 Å². The Bertz CT molecular complexity index is 519. The van der Waals surface area contributed by atoms with Gasteiger partial charge in [0.2, 0.25) is 0 Å². The van der Waals surface area contributed by atoms with Crippen LogP contribution in [0.25, 0.3) is 0 Å². The third kappa shape index (κ3) is 4.30. The molecule has 2 rings (SSSR count). The Morgan fingerprint density at radius 2 is 2.05 bits per heavy atom. The van der Waals surface area contributed by atoms with E-state index in [1.165, 1.54) is 0 Å². The summed E-state index contributed by atoms with van der Waals surface area (Å²) in [6.45, 7) is 5.35. The van der Waals surface area contributed by atoms with E-state index < -0.39 is 9.84 Å². The van der Waals surface area contributed by atoms with Gasteiger partial charge < -0.3 is 10.1 Å². The molecule has 0 amide bonds. The number of sulfone groups is 1. The second-order valence-electron chi connectivity index (χ2n) is 5.58. The molecule has 0 spiro atoms. The van der Waals surface area contributed by atoms with Crippen LogP contribution in [0.1, 0.15) is 25.3 Å². The van der Waals surface area contributed by atoms with Crippen LogP contribution in [0.4, 0.5) is 0 Å². The molecule has 2 atom stereocenters. The fraction of sp³-hybridized carbons (Fsp3) is 0.600. The van der Waals surface area contributed by atoms with Crippen LogP contribution in [-0.4, -0.2) is 39.5 Å². The van der Waals surface area contributed by atoms with Gasteiger partial charge in [0.05, 0.1) is 17.3 Å². The lowest BCUT2D eigenvalue weighted by Gasteiger charge is -2.26. The lowest BCUT2D eigenvalue weighted by molar-refractivity contribution is 0.0679. The first kappa shape index (κ1) is 15.5. The van der Waals surface area contributed by atoms with Gasteiger partial charge in [-0.3, -0.25) is 0 Å². The third-order valence-corrected chi connectivity index (χ3v) is 5.46. The number of nitrogens with one attached hydrogen (secondary N) is 1. The molecule has 0 radical (unpaired) electrons. The fourth-order valence-corrected chi connectivity index (χ4v) is 3.99. The average Bonchev–Trinajstić information content (AvgIpc) is 2.39. The second-order valence-corrected chi connectivity index (χ2v) is 7.61. The maximum Gasteiger partial charge on any atom is 0.179 e. The lowest BCUT2D eigenvalue weighted by atomic mass is 10.1. The Hall–Kier alpha value is -0.910. The maximum absolute atomic E-state index is 12.3. The number of hydrogen-bond donors (Lipinski definition) is 1. The molecular weight excluding hydrogens is 274 g/mol. The molecule has 1 N–H and O–H groups in total. The smallest absolute Gasteiger partial charge is 0.179 e. The maximum atomic E-state index is 12.3. The van der Waals surface area contributed by atoms with Crippen molar-refractivity contribution in [2.24, 2.45) is 0 Å². The fourth-order valence-electron chi connectivity index (χ4n) is 2.49. The van der Waals surface area contributed by atoms with Gasteiger partial charge in [0, 0.05) is 18.7 Å². The van der Waals surface area contributed by atoms with Gasteiger partial charge in [0.1, 0.15) is 0 Å². The molecule has 0 bridgehead atoms. The first-order valence-electron chi connectivity index (χ1n) is 7.10. The molecular formula is C15H23NO3S. The normalized spacial score (nSPS) is 21.6. The molecule has 4 nitrogen and oxygen atoms in total. The van der Waals surface area contributed by atoms with E-state index in [-0.39, 0.29) is 17.8 Å². The summed E-state index contributed by atoms with van der Waals surface area (Å²) in [5.74, 6) is 0.118. The summed E-state index contributed by atoms with van der Waals surface area (Å²) in [7, 11) is -3.23. The van der Waals surface area contributed by atoms with Gasteiger partial charge in [-0.05, 0) is 38.8 Å². The molecule has 112 valence electrons. The standard InChI is InChI=1S/C15H23NO3S/c1-12-5-7-15(8-6-12)20(17,18)11-13(2)16-14-4-3-9-19-10-14/h5-8,13-14,16H,3-4,9-11H2,1-2H3/t13-,14+/m0/s1. The average molecular weight is 297 g/mol. The van der Waals surface area contributed by atoms with Crippen LogP contribution in [0.5, 0.6) is 0 Å². The summed E-state index contributed by atoms with van der Waals surface area (Å²) in [4.78, 5) is 0.400. The highest BCUT2D eigenvalue weighted by Crippen LogP contribution is 2.14. The van der Waals surface area contributed by atoms with Crippen LogP contribution >= 0.6 is 0 Å². The first-order valence-corrected chi connectivity index (χ1v) is 8.76. The highest BCUT2D eigenvalue weighted by Gasteiger charge is 2.21. The van der Waals surface area contributed by atoms with Crippen molar-refractivity contribution < 1.29 is 13.2 Å². The van der Waals surface area contributed by atoms with Crippen molar-refractivity contribution >= 4 is 9.84 Å². The molecule has 0 aromatic heterocycles. The van der Waals surface area contributed by atoms with Gasteiger partial charge in [0.25, 0.3) is 0 Å². The van der Waals surface area contributed by atoms with Gasteiger partial charge in [-0.1, -0.05) is 17.7 Å². The minimum absolute atomic E-state index is 0.0759. The largest absolute Gasteiger partial charge is 0.380 e. The van der Waals surface area contributed by atoms with E-state index in [1.54, 1.807) is 12.1 Å². The van der Waals surface area contributed by atoms with Gasteiger partial charge in [0.15, 0.2) is 9.84 Å². The summed E-state index contributed by atoms with van der Waals surface area (Å²) >= 11 is 0. The van der Waals surface area contributed by atoms with Crippen molar-refractivity contribution in [1.82, 2.24) is 5.32 Å². The third-order valence-electron chi connectivity index (χ3n) is 3.53. The quantitative estimate of drug-likeness (QED) is 0.902. The zero-order valence-corrected chi connectivity index (χ0v) is 12.9. The Morgan fingerprint density at radius 1 is 1.35 bits per heavy atom. The van der Waals surface area contributed by atoms with Crippen LogP contribution in [0.3, 0.4) is 0 Å². The molecule has 1 fully saturated rings. The minimum Gasteiger partial charge on any atom is -0.380 e. The van der Waals surface area contributed by atoms with Crippen LogP contribution in [0.2, 0.25) is 0 Å². The zero-order chi connectivity index (χ0) is 14.6. The molecule has 20 heavy (non-hydrogen) atoms. The Balaban J connectivity index is 1.95. The number of benzene rings is 1. The van der Waals surface area contributed by atoms with Gasteiger partial charge in [-0.25, -0.2) is 8.42 Å². The van der Waals surface area contributed by atoms with Crippen LogP contribution in [-0.2, 0) is 14.6 Å². The summed E-state index contributed by atoms with van der Waals surface area (Å²) < 4.78 is 30.0. The Labute approximate surface area is 121 Å². The molecule has 5 heteroatoms. The summed E-state index contributed by atoms with van der Waals surface area (Å²) in [5, 5.41) is 3.35. The summed E-state index contributed by atoms with van der Waals surface area (Å²) in [6, 6.07) is 7.22. The lowest BCUT2D eigenvalue weighted by Crippen LogP contribution is -2.44. The SMILES string of the molecule is Cc1ccc(S(=O)(=O)C[C@H](C)N[C@@H]2CCCOC2)cc1. The highest BCUT2D eigenvalue weighted by molar-refractivity contribution is 7.91. The van der Waals surface area contributed by atoms with E-state index in [9.17, 15) is 8.42 Å². The van der Waals surface area contributed by atoms with Crippen molar-refractivity contribution in [2.45, 2.75) is 43.7 Å². The number of hydrogen-bond acceptors (Lipinski definition) is 4. The molecule has 1 heterocycles. The molecule has 1 aliphatic heterocycles. The van der Waals surface area contributed by atoms with E-state index in [2.05, 4.69) is 5.32 Å². The van der Waals surface area contributed by atoms with Crippen molar-refractivity contribution in [3.63, 3.8) is 0 Å². The predicted octanol–water partition coefficient (Wildman–Crippen LogP) is 1.93. The molecule has 1 saturated heterocycles. The first-order chi connectivity index (χ1) is 9.47. The highest BCUT2D eigenvalue weighted by atomic mass is 32.2. The van der Waals surface area contributed by atoms with Crippen molar-refractivity contribution in [3.05, 3.63) is 29.8 Å². The van der Waals surface area contributed by atoms with Crippen molar-refractivity contribution in [3.8, 4) is 0 Å². The van der Waals surface area contributed by atoms with Crippen molar-refractivity contribution in [2.75, 3.05) is 19.0 Å². The van der Waals surface area contributed by atoms with Gasteiger partial charge in [-0.2, -0.15) is 0 Å². The number of ether oxygens (including phenoxy) is 1. The van der Waals surface area contributed by atoms with Crippen LogP contribution in [0, 0.1) is 6.92 Å². The van der Waals surface area contributed by atoms with Crippen molar-refractivity contribution in [1.29, 1.82) is 0 Å². The van der Waals surface area contributed by atoms with Crippen LogP contribution < -0.4 is 5.32 Å². The monoisotopic (exact) mass is 297 g/mol. The van der Waals surface area contributed by atoms with E-state index in [0.717, 1.165) is 25.0 Å². The minimum atomic E-state index is -3.23. The molecule has 1 aromatic rings. The molecule has 1 aliphatic rings.